The molecular weight excluding hydrogens is 308 g/mol. The fourth-order valence-electron chi connectivity index (χ4n) is 2.18. The second-order valence-electron chi connectivity index (χ2n) is 5.82. The third kappa shape index (κ3) is 7.09. The molecule has 0 aliphatic heterocycles. The quantitative estimate of drug-likeness (QED) is 0.604. The van der Waals surface area contributed by atoms with E-state index in [1.54, 1.807) is 6.92 Å². The number of rotatable bonds is 9. The van der Waals surface area contributed by atoms with Crippen LogP contribution in [0, 0.1) is 0 Å². The molecule has 1 rings (SSSR count). The normalized spacial score (nSPS) is 12.8. The molecule has 1 aromatic carbocycles. The van der Waals surface area contributed by atoms with Gasteiger partial charge in [0.1, 0.15) is 6.04 Å². The van der Waals surface area contributed by atoms with Gasteiger partial charge in [0, 0.05) is 12.8 Å². The van der Waals surface area contributed by atoms with E-state index < -0.39 is 17.9 Å². The van der Waals surface area contributed by atoms with Crippen molar-refractivity contribution in [3.8, 4) is 0 Å². The van der Waals surface area contributed by atoms with Crippen molar-refractivity contribution >= 4 is 17.8 Å². The van der Waals surface area contributed by atoms with E-state index in [1.165, 1.54) is 0 Å². The highest BCUT2D eigenvalue weighted by molar-refractivity contribution is 5.87. The molecule has 0 bridgehead atoms. The Morgan fingerprint density at radius 1 is 1.08 bits per heavy atom. The molecule has 6 heteroatoms. The van der Waals surface area contributed by atoms with Crippen LogP contribution in [0.4, 0.5) is 0 Å². The summed E-state index contributed by atoms with van der Waals surface area (Å²) < 4.78 is 0. The summed E-state index contributed by atoms with van der Waals surface area (Å²) in [5, 5.41) is 14.3. The van der Waals surface area contributed by atoms with E-state index in [0.29, 0.717) is 5.57 Å². The maximum atomic E-state index is 11.9. The van der Waals surface area contributed by atoms with Crippen LogP contribution in [-0.2, 0) is 14.4 Å². The first-order valence-electron chi connectivity index (χ1n) is 7.80. The van der Waals surface area contributed by atoms with E-state index in [1.807, 2.05) is 37.3 Å². The predicted molar refractivity (Wildman–Crippen MR) is 91.2 cm³/mol. The molecule has 3 N–H and O–H groups in total. The number of hydrogen-bond donors (Lipinski definition) is 3. The minimum absolute atomic E-state index is 0.00240. The predicted octanol–water partition coefficient (Wildman–Crippen LogP) is 2.18. The number of amides is 2. The molecule has 0 unspecified atom stereocenters. The van der Waals surface area contributed by atoms with Crippen LogP contribution in [0.2, 0.25) is 0 Å². The van der Waals surface area contributed by atoms with E-state index in [0.717, 1.165) is 5.56 Å². The Morgan fingerprint density at radius 3 is 2.12 bits per heavy atom. The highest BCUT2D eigenvalue weighted by Gasteiger charge is 2.20. The van der Waals surface area contributed by atoms with Crippen LogP contribution in [0.3, 0.4) is 0 Å². The summed E-state index contributed by atoms with van der Waals surface area (Å²) in [4.78, 5) is 34.8. The Labute approximate surface area is 141 Å². The van der Waals surface area contributed by atoms with Gasteiger partial charge < -0.3 is 15.7 Å². The van der Waals surface area contributed by atoms with E-state index in [4.69, 9.17) is 5.11 Å². The van der Waals surface area contributed by atoms with Crippen LogP contribution >= 0.6 is 0 Å². The monoisotopic (exact) mass is 332 g/mol. The van der Waals surface area contributed by atoms with Gasteiger partial charge in [0.2, 0.25) is 11.8 Å². The van der Waals surface area contributed by atoms with E-state index >= 15 is 0 Å². The van der Waals surface area contributed by atoms with Crippen molar-refractivity contribution in [1.82, 2.24) is 10.6 Å². The Balaban J connectivity index is 2.41. The maximum absolute atomic E-state index is 11.9. The molecule has 0 radical (unpaired) electrons. The van der Waals surface area contributed by atoms with Gasteiger partial charge in [-0.2, -0.15) is 0 Å². The summed E-state index contributed by atoms with van der Waals surface area (Å²) in [5.74, 6) is -1.84. The Hall–Kier alpha value is -2.63. The number of carbonyl (C=O) groups is 3. The number of benzene rings is 1. The highest BCUT2D eigenvalue weighted by Crippen LogP contribution is 2.11. The van der Waals surface area contributed by atoms with Gasteiger partial charge in [-0.25, -0.2) is 4.79 Å². The van der Waals surface area contributed by atoms with Crippen molar-refractivity contribution < 1.29 is 19.5 Å². The van der Waals surface area contributed by atoms with Crippen molar-refractivity contribution in [1.29, 1.82) is 0 Å². The van der Waals surface area contributed by atoms with Gasteiger partial charge in [0.05, 0.1) is 6.04 Å². The first-order valence-corrected chi connectivity index (χ1v) is 7.80. The van der Waals surface area contributed by atoms with Gasteiger partial charge in [0.15, 0.2) is 0 Å². The lowest BCUT2D eigenvalue weighted by Gasteiger charge is -2.16. The molecule has 1 aromatic rings. The van der Waals surface area contributed by atoms with Gasteiger partial charge in [-0.1, -0.05) is 35.9 Å². The van der Waals surface area contributed by atoms with E-state index in [2.05, 4.69) is 17.2 Å². The summed E-state index contributed by atoms with van der Waals surface area (Å²) >= 11 is 0. The van der Waals surface area contributed by atoms with E-state index in [9.17, 15) is 14.4 Å². The molecule has 0 fully saturated rings. The first kappa shape index (κ1) is 19.4. The van der Waals surface area contributed by atoms with Gasteiger partial charge in [-0.05, 0) is 25.8 Å². The van der Waals surface area contributed by atoms with E-state index in [-0.39, 0.29) is 31.2 Å². The van der Waals surface area contributed by atoms with Crippen LogP contribution in [0.5, 0.6) is 0 Å². The molecule has 0 heterocycles. The molecule has 2 atom stereocenters. The third-order valence-electron chi connectivity index (χ3n) is 3.44. The van der Waals surface area contributed by atoms with Crippen molar-refractivity contribution in [2.45, 2.75) is 45.2 Å². The number of carboxylic acid groups (broad SMARTS) is 1. The van der Waals surface area contributed by atoms with Crippen molar-refractivity contribution in [2.75, 3.05) is 0 Å². The highest BCUT2D eigenvalue weighted by atomic mass is 16.4. The molecule has 0 saturated heterocycles. The number of aliphatic carboxylic acids is 1. The summed E-state index contributed by atoms with van der Waals surface area (Å²) in [5.41, 5.74) is 1.64. The summed E-state index contributed by atoms with van der Waals surface area (Å²) in [6, 6.07) is 8.32. The lowest BCUT2D eigenvalue weighted by molar-refractivity contribution is -0.141. The largest absolute Gasteiger partial charge is 0.480 e. The smallest absolute Gasteiger partial charge is 0.326 e. The van der Waals surface area contributed by atoms with Gasteiger partial charge in [-0.3, -0.25) is 9.59 Å². The van der Waals surface area contributed by atoms with Crippen LogP contribution in [-0.4, -0.2) is 28.9 Å². The zero-order valence-corrected chi connectivity index (χ0v) is 14.0. The second-order valence-corrected chi connectivity index (χ2v) is 5.82. The summed E-state index contributed by atoms with van der Waals surface area (Å²) in [7, 11) is 0. The average Bonchev–Trinajstić information content (AvgIpc) is 2.52. The van der Waals surface area contributed by atoms with Crippen LogP contribution in [0.15, 0.2) is 42.5 Å². The molecule has 24 heavy (non-hydrogen) atoms. The minimum atomic E-state index is -1.12. The minimum Gasteiger partial charge on any atom is -0.480 e. The van der Waals surface area contributed by atoms with Crippen LogP contribution in [0.1, 0.15) is 44.7 Å². The number of hydrogen-bond acceptors (Lipinski definition) is 3. The molecule has 130 valence electrons. The zero-order chi connectivity index (χ0) is 18.1. The Kier molecular flexibility index (Phi) is 7.68. The molecule has 0 saturated carbocycles. The second kappa shape index (κ2) is 9.50. The molecule has 0 aliphatic rings. The van der Waals surface area contributed by atoms with Crippen molar-refractivity contribution in [3.05, 3.63) is 48.0 Å². The fourth-order valence-corrected chi connectivity index (χ4v) is 2.18. The number of carbonyl (C=O) groups excluding carboxylic acids is 2. The van der Waals surface area contributed by atoms with Gasteiger partial charge in [-0.15, -0.1) is 6.58 Å². The summed E-state index contributed by atoms with van der Waals surface area (Å²) in [6.45, 7) is 7.20. The Morgan fingerprint density at radius 2 is 1.62 bits per heavy atom. The molecule has 0 spiro atoms. The Bertz CT molecular complexity index is 598. The van der Waals surface area contributed by atoms with Crippen LogP contribution < -0.4 is 10.6 Å². The SMILES string of the molecule is C=C(C)C[C@@H](NC(=O)CCC(=O)N[C@H](C)c1ccccc1)C(=O)O. The van der Waals surface area contributed by atoms with Crippen molar-refractivity contribution in [3.63, 3.8) is 0 Å². The molecule has 2 amide bonds. The maximum Gasteiger partial charge on any atom is 0.326 e. The zero-order valence-electron chi connectivity index (χ0n) is 14.0. The first-order chi connectivity index (χ1) is 11.3. The third-order valence-corrected chi connectivity index (χ3v) is 3.44. The van der Waals surface area contributed by atoms with Gasteiger partial charge >= 0.3 is 5.97 Å². The summed E-state index contributed by atoms with van der Waals surface area (Å²) in [6.07, 6.45) is 0.105. The standard InChI is InChI=1S/C18H24N2O4/c1-12(2)11-15(18(23)24)20-17(22)10-9-16(21)19-13(3)14-7-5-4-6-8-14/h4-8,13,15H,1,9-11H2,2-3H3,(H,19,21)(H,20,22)(H,23,24)/t13-,15-/m1/s1. The van der Waals surface area contributed by atoms with Gasteiger partial charge in [0.25, 0.3) is 0 Å². The molecule has 6 nitrogen and oxygen atoms in total. The fraction of sp³-hybridized carbons (Fsp3) is 0.389. The topological polar surface area (TPSA) is 95.5 Å². The molecular formula is C18H24N2O4. The average molecular weight is 332 g/mol. The molecule has 0 aliphatic carbocycles. The van der Waals surface area contributed by atoms with Crippen molar-refractivity contribution in [2.24, 2.45) is 0 Å². The molecule has 0 aromatic heterocycles. The van der Waals surface area contributed by atoms with Crippen LogP contribution in [0.25, 0.3) is 0 Å². The number of carboxylic acids is 1. The number of nitrogens with one attached hydrogen (secondary N) is 2. The lowest BCUT2D eigenvalue weighted by Crippen LogP contribution is -2.41. The lowest BCUT2D eigenvalue weighted by atomic mass is 10.1.